The molecule has 0 fully saturated rings. The first-order chi connectivity index (χ1) is 13.1. The summed E-state index contributed by atoms with van der Waals surface area (Å²) in [6.07, 6.45) is 8.06. The van der Waals surface area contributed by atoms with Gasteiger partial charge in [-0.05, 0) is 65.6 Å². The molecule has 0 saturated carbocycles. The zero-order chi connectivity index (χ0) is 22.0. The highest BCUT2D eigenvalue weighted by atomic mass is 14.5. The van der Waals surface area contributed by atoms with Crippen molar-refractivity contribution >= 4 is 0 Å². The molecule has 0 heterocycles. The second-order valence-corrected chi connectivity index (χ2v) is 10.9. The van der Waals surface area contributed by atoms with Crippen LogP contribution >= 0.6 is 0 Å². The van der Waals surface area contributed by atoms with Crippen LogP contribution in [0.25, 0.3) is 0 Å². The van der Waals surface area contributed by atoms with Crippen LogP contribution in [-0.4, -0.2) is 0 Å². The van der Waals surface area contributed by atoms with Crippen LogP contribution in [-0.2, 0) is 0 Å². The minimum Gasteiger partial charge on any atom is -0.0651 e. The Labute approximate surface area is 181 Å². The maximum Gasteiger partial charge on any atom is -0.0327 e. The van der Waals surface area contributed by atoms with Crippen LogP contribution < -0.4 is 0 Å². The molecule has 0 N–H and O–H groups in total. The molecule has 0 heteroatoms. The molecule has 0 saturated heterocycles. The molecule has 0 radical (unpaired) electrons. The Morgan fingerprint density at radius 3 is 1.14 bits per heavy atom. The summed E-state index contributed by atoms with van der Waals surface area (Å²) >= 11 is 0. The van der Waals surface area contributed by atoms with Crippen LogP contribution in [0.5, 0.6) is 0 Å². The average Bonchev–Trinajstić information content (AvgIpc) is 2.66. The van der Waals surface area contributed by atoms with E-state index < -0.39 is 0 Å². The Balaban J connectivity index is 5.95. The van der Waals surface area contributed by atoms with Gasteiger partial charge >= 0.3 is 0 Å². The lowest BCUT2D eigenvalue weighted by Gasteiger charge is -2.47. The molecule has 0 aromatic rings. The molecule has 0 nitrogen and oxygen atoms in total. The van der Waals surface area contributed by atoms with E-state index in [2.05, 4.69) is 83.1 Å². The van der Waals surface area contributed by atoms with Gasteiger partial charge in [-0.1, -0.05) is 115 Å². The van der Waals surface area contributed by atoms with Gasteiger partial charge in [0, 0.05) is 0 Å². The highest BCUT2D eigenvalue weighted by molar-refractivity contribution is 4.89. The summed E-state index contributed by atoms with van der Waals surface area (Å²) in [4.78, 5) is 0. The quantitative estimate of drug-likeness (QED) is 0.259. The van der Waals surface area contributed by atoms with Crippen molar-refractivity contribution < 1.29 is 0 Å². The lowest BCUT2D eigenvalue weighted by Crippen LogP contribution is -2.41. The van der Waals surface area contributed by atoms with Crippen molar-refractivity contribution in [2.45, 2.75) is 122 Å². The molecule has 8 unspecified atom stereocenters. The van der Waals surface area contributed by atoms with Crippen LogP contribution in [0.2, 0.25) is 0 Å². The Kier molecular flexibility index (Phi) is 14.1. The van der Waals surface area contributed by atoms with Gasteiger partial charge in [0.1, 0.15) is 0 Å². The Morgan fingerprint density at radius 1 is 0.429 bits per heavy atom. The molecule has 0 aliphatic carbocycles. The van der Waals surface area contributed by atoms with Gasteiger partial charge in [0.2, 0.25) is 0 Å². The van der Waals surface area contributed by atoms with Crippen molar-refractivity contribution in [2.24, 2.45) is 59.2 Å². The van der Waals surface area contributed by atoms with Gasteiger partial charge in [0.05, 0.1) is 0 Å². The van der Waals surface area contributed by atoms with Gasteiger partial charge in [0.25, 0.3) is 0 Å². The fraction of sp³-hybridized carbons (Fsp3) is 1.00. The second kappa shape index (κ2) is 14.1. The third-order valence-corrected chi connectivity index (χ3v) is 8.70. The molecule has 0 amide bonds. The maximum absolute atomic E-state index is 2.65. The van der Waals surface area contributed by atoms with Crippen LogP contribution in [0.3, 0.4) is 0 Å². The van der Waals surface area contributed by atoms with E-state index in [1.807, 2.05) is 0 Å². The molecule has 28 heavy (non-hydrogen) atoms. The predicted octanol–water partition coefficient (Wildman–Crippen LogP) is 9.73. The maximum atomic E-state index is 2.65. The van der Waals surface area contributed by atoms with E-state index >= 15 is 0 Å². The standard InChI is InChI=1S/C28H58/c1-13-20(8)27(21(9)14-2)28(22(10)15-3)24(12)26(17-5)25(16-4)23(11)18-19(6)7/h19-28H,13-18H2,1-12H3. The Hall–Kier alpha value is 0. The van der Waals surface area contributed by atoms with Crippen LogP contribution in [0.15, 0.2) is 0 Å². The zero-order valence-electron chi connectivity index (χ0n) is 22.0. The fourth-order valence-corrected chi connectivity index (χ4v) is 6.78. The molecule has 0 aromatic carbocycles. The molecule has 0 bridgehead atoms. The first-order valence-corrected chi connectivity index (χ1v) is 13.1. The largest absolute Gasteiger partial charge is 0.0651 e. The zero-order valence-corrected chi connectivity index (χ0v) is 22.0. The molecule has 8 atom stereocenters. The number of hydrogen-bond donors (Lipinski definition) is 0. The number of hydrogen-bond acceptors (Lipinski definition) is 0. The minimum atomic E-state index is 0.815. The molecule has 0 aromatic heterocycles. The topological polar surface area (TPSA) is 0 Å². The lowest BCUT2D eigenvalue weighted by atomic mass is 9.58. The van der Waals surface area contributed by atoms with E-state index in [0.717, 1.165) is 59.2 Å². The Bertz CT molecular complexity index is 360. The van der Waals surface area contributed by atoms with Gasteiger partial charge in [-0.25, -0.2) is 0 Å². The normalized spacial score (nSPS) is 22.2. The van der Waals surface area contributed by atoms with Gasteiger partial charge < -0.3 is 0 Å². The van der Waals surface area contributed by atoms with E-state index in [4.69, 9.17) is 0 Å². The number of rotatable bonds is 15. The van der Waals surface area contributed by atoms with Gasteiger partial charge in [-0.3, -0.25) is 0 Å². The summed E-state index contributed by atoms with van der Waals surface area (Å²) in [7, 11) is 0. The second-order valence-electron chi connectivity index (χ2n) is 10.9. The van der Waals surface area contributed by atoms with E-state index in [9.17, 15) is 0 Å². The van der Waals surface area contributed by atoms with Crippen molar-refractivity contribution in [1.82, 2.24) is 0 Å². The van der Waals surface area contributed by atoms with Gasteiger partial charge in [0.15, 0.2) is 0 Å². The van der Waals surface area contributed by atoms with E-state index in [1.54, 1.807) is 0 Å². The molecular formula is C28H58. The summed E-state index contributed by atoms with van der Waals surface area (Å²) in [5.41, 5.74) is 0. The van der Waals surface area contributed by atoms with Crippen molar-refractivity contribution in [3.05, 3.63) is 0 Å². The Morgan fingerprint density at radius 2 is 0.821 bits per heavy atom. The highest BCUT2D eigenvalue weighted by Crippen LogP contribution is 2.47. The van der Waals surface area contributed by atoms with Crippen molar-refractivity contribution in [1.29, 1.82) is 0 Å². The summed E-state index contributed by atoms with van der Waals surface area (Å²) in [6, 6.07) is 0. The molecule has 0 aliphatic rings. The van der Waals surface area contributed by atoms with Gasteiger partial charge in [-0.15, -0.1) is 0 Å². The molecule has 0 aliphatic heterocycles. The lowest BCUT2D eigenvalue weighted by molar-refractivity contribution is 0.0160. The third kappa shape index (κ3) is 7.68. The molecular weight excluding hydrogens is 336 g/mol. The van der Waals surface area contributed by atoms with Crippen LogP contribution in [0.4, 0.5) is 0 Å². The summed E-state index contributed by atoms with van der Waals surface area (Å²) in [6.45, 7) is 29.8. The first-order valence-electron chi connectivity index (χ1n) is 13.1. The summed E-state index contributed by atoms with van der Waals surface area (Å²) in [5.74, 6) is 8.46. The van der Waals surface area contributed by atoms with Crippen molar-refractivity contribution in [3.63, 3.8) is 0 Å². The van der Waals surface area contributed by atoms with E-state index in [0.29, 0.717) is 0 Å². The summed E-state index contributed by atoms with van der Waals surface area (Å²) < 4.78 is 0. The van der Waals surface area contributed by atoms with Crippen LogP contribution in [0, 0.1) is 59.2 Å². The SMILES string of the molecule is CCC(C)C(C(C)CC)C(C(C)CC)C(C)C(CC)C(CC)C(C)CC(C)C. The van der Waals surface area contributed by atoms with Crippen LogP contribution in [0.1, 0.15) is 122 Å². The fourth-order valence-electron chi connectivity index (χ4n) is 6.78. The molecule has 170 valence electrons. The van der Waals surface area contributed by atoms with Crippen molar-refractivity contribution in [3.8, 4) is 0 Å². The summed E-state index contributed by atoms with van der Waals surface area (Å²) in [5, 5.41) is 0. The van der Waals surface area contributed by atoms with E-state index in [-0.39, 0.29) is 0 Å². The van der Waals surface area contributed by atoms with Crippen molar-refractivity contribution in [2.75, 3.05) is 0 Å². The monoisotopic (exact) mass is 394 g/mol. The third-order valence-electron chi connectivity index (χ3n) is 8.70. The minimum absolute atomic E-state index is 0.815. The molecule has 0 spiro atoms. The highest BCUT2D eigenvalue weighted by Gasteiger charge is 2.41. The van der Waals surface area contributed by atoms with Gasteiger partial charge in [-0.2, -0.15) is 0 Å². The van der Waals surface area contributed by atoms with E-state index in [1.165, 1.54) is 38.5 Å². The predicted molar refractivity (Wildman–Crippen MR) is 131 cm³/mol. The smallest absolute Gasteiger partial charge is 0.0327 e. The molecule has 0 rings (SSSR count). The first kappa shape index (κ1) is 28.0. The average molecular weight is 395 g/mol.